The summed E-state index contributed by atoms with van der Waals surface area (Å²) in [6.07, 6.45) is 1.03. The van der Waals surface area contributed by atoms with Crippen molar-refractivity contribution in [3.63, 3.8) is 0 Å². The van der Waals surface area contributed by atoms with E-state index in [1.807, 2.05) is 44.2 Å². The van der Waals surface area contributed by atoms with Crippen molar-refractivity contribution in [3.8, 4) is 0 Å². The van der Waals surface area contributed by atoms with Gasteiger partial charge in [-0.1, -0.05) is 42.5 Å². The summed E-state index contributed by atoms with van der Waals surface area (Å²) in [7, 11) is -3.66. The van der Waals surface area contributed by atoms with E-state index in [1.54, 1.807) is 41.3 Å². The highest BCUT2D eigenvalue weighted by Crippen LogP contribution is 2.27. The van der Waals surface area contributed by atoms with Crippen LogP contribution in [0, 0.1) is 11.8 Å². The van der Waals surface area contributed by atoms with Gasteiger partial charge in [-0.3, -0.25) is 14.4 Å². The van der Waals surface area contributed by atoms with Crippen molar-refractivity contribution in [1.82, 2.24) is 9.21 Å². The fourth-order valence-corrected chi connectivity index (χ4v) is 6.61. The minimum Gasteiger partial charge on any atom is -0.369 e. The Labute approximate surface area is 235 Å². The Hall–Kier alpha value is -3.76. The number of nitrogens with zero attached hydrogens (tertiary/aromatic N) is 2. The Morgan fingerprint density at radius 3 is 2.17 bits per heavy atom. The molecular weight excluding hydrogens is 528 g/mol. The van der Waals surface area contributed by atoms with Crippen LogP contribution in [-0.2, 0) is 30.8 Å². The highest BCUT2D eigenvalue weighted by molar-refractivity contribution is 7.89. The van der Waals surface area contributed by atoms with E-state index in [0.29, 0.717) is 31.6 Å². The van der Waals surface area contributed by atoms with Crippen LogP contribution in [0.25, 0.3) is 10.8 Å². The van der Waals surface area contributed by atoms with Gasteiger partial charge in [0.05, 0.1) is 4.90 Å². The van der Waals surface area contributed by atoms with E-state index in [1.165, 1.54) is 4.31 Å². The standard InChI is InChI=1S/C30H36N4O5S/c1-3-33(4-2)30(37)27(28(31)35)19-21-9-12-25(13-10-21)32-29(36)23-15-17-34(18-16-23)40(38,39)26-14-11-22-7-5-6-8-24(22)20-26/h5-14,20,23,27H,3-4,15-19H2,1-2H3,(H2,31,35)(H,32,36). The number of primary amides is 1. The lowest BCUT2D eigenvalue weighted by Crippen LogP contribution is -2.42. The smallest absolute Gasteiger partial charge is 0.243 e. The van der Waals surface area contributed by atoms with Gasteiger partial charge in [0, 0.05) is 37.8 Å². The van der Waals surface area contributed by atoms with Crippen molar-refractivity contribution in [2.24, 2.45) is 17.6 Å². The molecule has 40 heavy (non-hydrogen) atoms. The first-order valence-electron chi connectivity index (χ1n) is 13.6. The van der Waals surface area contributed by atoms with Gasteiger partial charge in [0.15, 0.2) is 0 Å². The Bertz CT molecular complexity index is 1480. The predicted octanol–water partition coefficient (Wildman–Crippen LogP) is 3.39. The molecule has 0 bridgehead atoms. The number of rotatable bonds is 10. The van der Waals surface area contributed by atoms with Crippen molar-refractivity contribution in [2.75, 3.05) is 31.5 Å². The van der Waals surface area contributed by atoms with Gasteiger partial charge in [-0.25, -0.2) is 8.42 Å². The summed E-state index contributed by atoms with van der Waals surface area (Å²) >= 11 is 0. The van der Waals surface area contributed by atoms with Gasteiger partial charge >= 0.3 is 0 Å². The number of hydrogen-bond donors (Lipinski definition) is 2. The molecule has 4 rings (SSSR count). The molecule has 3 amide bonds. The maximum absolute atomic E-state index is 13.2. The summed E-state index contributed by atoms with van der Waals surface area (Å²) in [6.45, 7) is 5.23. The molecule has 212 valence electrons. The third kappa shape index (κ3) is 6.51. The van der Waals surface area contributed by atoms with Crippen LogP contribution in [0.2, 0.25) is 0 Å². The SMILES string of the molecule is CCN(CC)C(=O)C(Cc1ccc(NC(=O)C2CCN(S(=O)(=O)c3ccc4ccccc4c3)CC2)cc1)C(N)=O. The van der Waals surface area contributed by atoms with Gasteiger partial charge < -0.3 is 16.0 Å². The number of nitrogens with one attached hydrogen (secondary N) is 1. The molecule has 0 aromatic heterocycles. The fraction of sp³-hybridized carbons (Fsp3) is 0.367. The van der Waals surface area contributed by atoms with Crippen LogP contribution in [-0.4, -0.2) is 61.5 Å². The van der Waals surface area contributed by atoms with E-state index >= 15 is 0 Å². The number of piperidine rings is 1. The maximum Gasteiger partial charge on any atom is 0.243 e. The molecule has 0 aliphatic carbocycles. The zero-order valence-corrected chi connectivity index (χ0v) is 23.7. The van der Waals surface area contributed by atoms with Crippen LogP contribution >= 0.6 is 0 Å². The number of carbonyl (C=O) groups is 3. The van der Waals surface area contributed by atoms with Crippen molar-refractivity contribution < 1.29 is 22.8 Å². The Morgan fingerprint density at radius 2 is 1.57 bits per heavy atom. The second-order valence-corrected chi connectivity index (χ2v) is 12.0. The predicted molar refractivity (Wildman–Crippen MR) is 155 cm³/mol. The third-order valence-corrected chi connectivity index (χ3v) is 9.46. The van der Waals surface area contributed by atoms with Crippen LogP contribution in [0.1, 0.15) is 32.3 Å². The first-order valence-corrected chi connectivity index (χ1v) is 15.0. The molecule has 1 saturated heterocycles. The summed E-state index contributed by atoms with van der Waals surface area (Å²) in [5.74, 6) is -2.38. The van der Waals surface area contributed by atoms with Crippen LogP contribution < -0.4 is 11.1 Å². The zero-order valence-electron chi connectivity index (χ0n) is 22.9. The fourth-order valence-electron chi connectivity index (χ4n) is 5.10. The molecule has 1 fully saturated rings. The van der Waals surface area contributed by atoms with Gasteiger partial charge in [-0.15, -0.1) is 0 Å². The number of hydrogen-bond acceptors (Lipinski definition) is 5. The molecule has 1 aliphatic heterocycles. The topological polar surface area (TPSA) is 130 Å². The van der Waals surface area contributed by atoms with Crippen LogP contribution in [0.4, 0.5) is 5.69 Å². The first-order chi connectivity index (χ1) is 19.1. The largest absolute Gasteiger partial charge is 0.369 e. The Balaban J connectivity index is 1.33. The van der Waals surface area contributed by atoms with E-state index < -0.39 is 21.8 Å². The highest BCUT2D eigenvalue weighted by atomic mass is 32.2. The Morgan fingerprint density at radius 1 is 0.950 bits per heavy atom. The normalized spacial score (nSPS) is 15.4. The minimum atomic E-state index is -3.66. The van der Waals surface area contributed by atoms with Crippen LogP contribution in [0.5, 0.6) is 0 Å². The lowest BCUT2D eigenvalue weighted by Gasteiger charge is -2.30. The number of nitrogens with two attached hydrogens (primary N) is 1. The van der Waals surface area contributed by atoms with E-state index in [9.17, 15) is 22.8 Å². The lowest BCUT2D eigenvalue weighted by atomic mass is 9.96. The molecule has 0 radical (unpaired) electrons. The second-order valence-electron chi connectivity index (χ2n) is 10.0. The molecule has 9 nitrogen and oxygen atoms in total. The molecule has 3 N–H and O–H groups in total. The zero-order chi connectivity index (χ0) is 28.9. The van der Waals surface area contributed by atoms with Crippen molar-refractivity contribution in [2.45, 2.75) is 38.0 Å². The first kappa shape index (κ1) is 29.2. The van der Waals surface area contributed by atoms with Gasteiger partial charge in [-0.2, -0.15) is 4.31 Å². The molecule has 3 aromatic rings. The van der Waals surface area contributed by atoms with Gasteiger partial charge in [0.1, 0.15) is 5.92 Å². The summed E-state index contributed by atoms with van der Waals surface area (Å²) in [4.78, 5) is 39.4. The third-order valence-electron chi connectivity index (χ3n) is 7.56. The molecular formula is C30H36N4O5S. The molecule has 1 heterocycles. The summed E-state index contributed by atoms with van der Waals surface area (Å²) in [5.41, 5.74) is 6.87. The summed E-state index contributed by atoms with van der Waals surface area (Å²) in [5, 5.41) is 4.75. The van der Waals surface area contributed by atoms with Gasteiger partial charge in [0.2, 0.25) is 27.7 Å². The number of carbonyl (C=O) groups excluding carboxylic acids is 3. The van der Waals surface area contributed by atoms with E-state index in [4.69, 9.17) is 5.73 Å². The molecule has 3 aromatic carbocycles. The minimum absolute atomic E-state index is 0.165. The summed E-state index contributed by atoms with van der Waals surface area (Å²) < 4.78 is 27.9. The van der Waals surface area contributed by atoms with Crippen molar-refractivity contribution >= 4 is 44.2 Å². The van der Waals surface area contributed by atoms with E-state index in [-0.39, 0.29) is 42.1 Å². The molecule has 1 unspecified atom stereocenters. The second kappa shape index (κ2) is 12.6. The van der Waals surface area contributed by atoms with E-state index in [2.05, 4.69) is 5.32 Å². The monoisotopic (exact) mass is 564 g/mol. The number of benzene rings is 3. The maximum atomic E-state index is 13.2. The quantitative estimate of drug-likeness (QED) is 0.365. The highest BCUT2D eigenvalue weighted by Gasteiger charge is 2.32. The molecule has 10 heteroatoms. The molecule has 1 atom stereocenters. The van der Waals surface area contributed by atoms with Crippen molar-refractivity contribution in [1.29, 1.82) is 0 Å². The number of amides is 3. The average molecular weight is 565 g/mol. The molecule has 1 aliphatic rings. The average Bonchev–Trinajstić information content (AvgIpc) is 2.96. The van der Waals surface area contributed by atoms with Gasteiger partial charge in [-0.05, 0) is 73.7 Å². The van der Waals surface area contributed by atoms with Crippen LogP contribution in [0.3, 0.4) is 0 Å². The molecule has 0 saturated carbocycles. The number of anilines is 1. The number of sulfonamides is 1. The van der Waals surface area contributed by atoms with Crippen LogP contribution in [0.15, 0.2) is 71.6 Å². The number of fused-ring (bicyclic) bond motifs is 1. The summed E-state index contributed by atoms with van der Waals surface area (Å²) in [6, 6.07) is 19.7. The van der Waals surface area contributed by atoms with E-state index in [0.717, 1.165) is 16.3 Å². The molecule has 0 spiro atoms. The van der Waals surface area contributed by atoms with Gasteiger partial charge in [0.25, 0.3) is 0 Å². The lowest BCUT2D eigenvalue weighted by molar-refractivity contribution is -0.140. The Kier molecular flexibility index (Phi) is 9.21. The van der Waals surface area contributed by atoms with Crippen molar-refractivity contribution in [3.05, 3.63) is 72.3 Å².